The summed E-state index contributed by atoms with van der Waals surface area (Å²) < 4.78 is 1.14. The molecule has 2 aromatic carbocycles. The van der Waals surface area contributed by atoms with Crippen LogP contribution in [-0.2, 0) is 11.2 Å². The van der Waals surface area contributed by atoms with Crippen molar-refractivity contribution in [3.05, 3.63) is 59.1 Å². The lowest BCUT2D eigenvalue weighted by Gasteiger charge is -2.12. The largest absolute Gasteiger partial charge is 0.389 e. The number of carbonyl (C=O) groups is 1. The smallest absolute Gasteiger partial charge is 0.224 e. The number of amides is 1. The third kappa shape index (κ3) is 3.75. The summed E-state index contributed by atoms with van der Waals surface area (Å²) in [6, 6.07) is 15.3. The number of fused-ring (bicyclic) bond motifs is 1. The number of benzene rings is 2. The van der Waals surface area contributed by atoms with E-state index in [-0.39, 0.29) is 5.91 Å². The number of carbonyl (C=O) groups excluding carboxylic acids is 1. The summed E-state index contributed by atoms with van der Waals surface area (Å²) in [5.41, 5.74) is 2.37. The maximum Gasteiger partial charge on any atom is 0.224 e. The molecule has 0 aliphatic heterocycles. The number of anilines is 1. The van der Waals surface area contributed by atoms with Crippen molar-refractivity contribution < 1.29 is 9.90 Å². The molecule has 23 heavy (non-hydrogen) atoms. The van der Waals surface area contributed by atoms with E-state index in [0.717, 1.165) is 20.8 Å². The molecule has 0 fully saturated rings. The van der Waals surface area contributed by atoms with Gasteiger partial charge in [0.1, 0.15) is 0 Å². The molecule has 1 heterocycles. The highest BCUT2D eigenvalue weighted by molar-refractivity contribution is 7.18. The van der Waals surface area contributed by atoms with Crippen LogP contribution in [0.5, 0.6) is 0 Å². The van der Waals surface area contributed by atoms with E-state index in [4.69, 9.17) is 0 Å². The average molecular weight is 326 g/mol. The lowest BCUT2D eigenvalue weighted by Crippen LogP contribution is -2.14. The van der Waals surface area contributed by atoms with Gasteiger partial charge in [-0.05, 0) is 25.1 Å². The third-order valence-electron chi connectivity index (χ3n) is 3.59. The van der Waals surface area contributed by atoms with Gasteiger partial charge >= 0.3 is 0 Å². The van der Waals surface area contributed by atoms with Gasteiger partial charge in [-0.3, -0.25) is 4.79 Å². The first-order valence-electron chi connectivity index (χ1n) is 7.55. The standard InChI is InChI=1S/C18H18N2O2S/c1-12(21)13-6-2-3-7-14(13)19-17(22)10-11-18-20-15-8-4-5-9-16(15)23-18/h2-9,12,21H,10-11H2,1H3,(H,19,22). The predicted molar refractivity (Wildman–Crippen MR) is 93.6 cm³/mol. The van der Waals surface area contributed by atoms with E-state index in [1.807, 2.05) is 42.5 Å². The van der Waals surface area contributed by atoms with Crippen LogP contribution in [-0.4, -0.2) is 16.0 Å². The number of para-hydroxylation sites is 2. The summed E-state index contributed by atoms with van der Waals surface area (Å²) in [4.78, 5) is 16.7. The van der Waals surface area contributed by atoms with Gasteiger partial charge in [0.2, 0.25) is 5.91 Å². The zero-order valence-corrected chi connectivity index (χ0v) is 13.6. The van der Waals surface area contributed by atoms with E-state index in [1.165, 1.54) is 0 Å². The maximum atomic E-state index is 12.2. The number of nitrogens with one attached hydrogen (secondary N) is 1. The first-order valence-corrected chi connectivity index (χ1v) is 8.36. The number of thiazole rings is 1. The molecule has 118 valence electrons. The molecular formula is C18H18N2O2S. The van der Waals surface area contributed by atoms with Gasteiger partial charge in [0.25, 0.3) is 0 Å². The van der Waals surface area contributed by atoms with E-state index in [0.29, 0.717) is 18.5 Å². The van der Waals surface area contributed by atoms with Crippen LogP contribution in [0.1, 0.15) is 30.0 Å². The average Bonchev–Trinajstić information content (AvgIpc) is 2.96. The highest BCUT2D eigenvalue weighted by atomic mass is 32.1. The van der Waals surface area contributed by atoms with Gasteiger partial charge in [0.05, 0.1) is 21.3 Å². The summed E-state index contributed by atoms with van der Waals surface area (Å²) in [7, 11) is 0. The molecule has 0 radical (unpaired) electrons. The maximum absolute atomic E-state index is 12.2. The Bertz CT molecular complexity index is 794. The highest BCUT2D eigenvalue weighted by Gasteiger charge is 2.11. The molecule has 0 aliphatic rings. The fraction of sp³-hybridized carbons (Fsp3) is 0.222. The van der Waals surface area contributed by atoms with Crippen molar-refractivity contribution in [1.29, 1.82) is 0 Å². The second-order valence-corrected chi connectivity index (χ2v) is 6.50. The van der Waals surface area contributed by atoms with E-state index in [1.54, 1.807) is 24.3 Å². The molecule has 1 unspecified atom stereocenters. The van der Waals surface area contributed by atoms with Gasteiger partial charge in [0, 0.05) is 24.1 Å². The van der Waals surface area contributed by atoms with Gasteiger partial charge in [-0.2, -0.15) is 0 Å². The monoisotopic (exact) mass is 326 g/mol. The lowest BCUT2D eigenvalue weighted by molar-refractivity contribution is -0.116. The number of hydrogen-bond donors (Lipinski definition) is 2. The van der Waals surface area contributed by atoms with Crippen LogP contribution in [0.4, 0.5) is 5.69 Å². The Hall–Kier alpha value is -2.24. The van der Waals surface area contributed by atoms with E-state index < -0.39 is 6.10 Å². The quantitative estimate of drug-likeness (QED) is 0.747. The van der Waals surface area contributed by atoms with Crippen LogP contribution in [0.15, 0.2) is 48.5 Å². The fourth-order valence-corrected chi connectivity index (χ4v) is 3.40. The number of nitrogens with zero attached hydrogens (tertiary/aromatic N) is 1. The number of rotatable bonds is 5. The molecule has 1 aromatic heterocycles. The summed E-state index contributed by atoms with van der Waals surface area (Å²) in [6.07, 6.45) is 0.367. The minimum Gasteiger partial charge on any atom is -0.389 e. The second-order valence-electron chi connectivity index (χ2n) is 5.39. The van der Waals surface area contributed by atoms with Gasteiger partial charge < -0.3 is 10.4 Å². The Morgan fingerprint density at radius 1 is 1.22 bits per heavy atom. The molecule has 0 spiro atoms. The number of hydrogen-bond acceptors (Lipinski definition) is 4. The summed E-state index contributed by atoms with van der Waals surface area (Å²) in [6.45, 7) is 1.69. The van der Waals surface area contributed by atoms with Gasteiger partial charge in [0.15, 0.2) is 0 Å². The van der Waals surface area contributed by atoms with Crippen LogP contribution < -0.4 is 5.32 Å². The summed E-state index contributed by atoms with van der Waals surface area (Å²) in [5.74, 6) is -0.0719. The molecular weight excluding hydrogens is 308 g/mol. The Kier molecular flexibility index (Phi) is 4.69. The molecule has 3 aromatic rings. The van der Waals surface area contributed by atoms with Gasteiger partial charge in [-0.1, -0.05) is 30.3 Å². The van der Waals surface area contributed by atoms with Crippen LogP contribution in [0.3, 0.4) is 0 Å². The van der Waals surface area contributed by atoms with Crippen molar-refractivity contribution in [2.24, 2.45) is 0 Å². The molecule has 1 amide bonds. The van der Waals surface area contributed by atoms with E-state index in [2.05, 4.69) is 10.3 Å². The Labute approximate surface area is 138 Å². The second kappa shape index (κ2) is 6.89. The van der Waals surface area contributed by atoms with Crippen molar-refractivity contribution in [2.45, 2.75) is 25.9 Å². The van der Waals surface area contributed by atoms with E-state index >= 15 is 0 Å². The van der Waals surface area contributed by atoms with Crippen molar-refractivity contribution >= 4 is 33.1 Å². The van der Waals surface area contributed by atoms with Crippen molar-refractivity contribution in [3.63, 3.8) is 0 Å². The van der Waals surface area contributed by atoms with Crippen molar-refractivity contribution in [1.82, 2.24) is 4.98 Å². The summed E-state index contributed by atoms with van der Waals surface area (Å²) in [5, 5.41) is 13.6. The van der Waals surface area contributed by atoms with Crippen LogP contribution in [0.25, 0.3) is 10.2 Å². The number of aliphatic hydroxyl groups excluding tert-OH is 1. The lowest BCUT2D eigenvalue weighted by atomic mass is 10.1. The molecule has 0 saturated carbocycles. The number of aromatic nitrogens is 1. The molecule has 3 rings (SSSR count). The minimum atomic E-state index is -0.615. The van der Waals surface area contributed by atoms with Crippen molar-refractivity contribution in [3.8, 4) is 0 Å². The van der Waals surface area contributed by atoms with Gasteiger partial charge in [-0.25, -0.2) is 4.98 Å². The van der Waals surface area contributed by atoms with Crippen LogP contribution in [0, 0.1) is 0 Å². The zero-order chi connectivity index (χ0) is 16.2. The third-order valence-corrected chi connectivity index (χ3v) is 4.69. The van der Waals surface area contributed by atoms with Crippen LogP contribution >= 0.6 is 11.3 Å². The first kappa shape index (κ1) is 15.6. The fourth-order valence-electron chi connectivity index (χ4n) is 2.44. The molecule has 2 N–H and O–H groups in total. The number of aliphatic hydroxyl groups is 1. The molecule has 4 nitrogen and oxygen atoms in total. The first-order chi connectivity index (χ1) is 11.1. The van der Waals surface area contributed by atoms with E-state index in [9.17, 15) is 9.90 Å². The Balaban J connectivity index is 1.64. The highest BCUT2D eigenvalue weighted by Crippen LogP contribution is 2.24. The van der Waals surface area contributed by atoms with Crippen molar-refractivity contribution in [2.75, 3.05) is 5.32 Å². The molecule has 0 bridgehead atoms. The SMILES string of the molecule is CC(O)c1ccccc1NC(=O)CCc1nc2ccccc2s1. The minimum absolute atomic E-state index is 0.0719. The Morgan fingerprint density at radius 2 is 1.96 bits per heavy atom. The zero-order valence-electron chi connectivity index (χ0n) is 12.8. The summed E-state index contributed by atoms with van der Waals surface area (Å²) >= 11 is 1.62. The molecule has 1 atom stereocenters. The predicted octanol–water partition coefficient (Wildman–Crippen LogP) is 3.92. The molecule has 0 saturated heterocycles. The Morgan fingerprint density at radius 3 is 2.74 bits per heavy atom. The molecule has 0 aliphatic carbocycles. The normalized spacial score (nSPS) is 12.3. The number of aryl methyl sites for hydroxylation is 1. The van der Waals surface area contributed by atoms with Crippen LogP contribution in [0.2, 0.25) is 0 Å². The van der Waals surface area contributed by atoms with Gasteiger partial charge in [-0.15, -0.1) is 11.3 Å². The topological polar surface area (TPSA) is 62.2 Å². The molecule has 5 heteroatoms.